The number of aromatic nitrogens is 1. The van der Waals surface area contributed by atoms with Crippen molar-refractivity contribution in [2.24, 2.45) is 0 Å². The summed E-state index contributed by atoms with van der Waals surface area (Å²) in [4.78, 5) is 22.6. The average molecular weight is 466 g/mol. The van der Waals surface area contributed by atoms with Crippen molar-refractivity contribution < 1.29 is 9.18 Å². The van der Waals surface area contributed by atoms with Crippen LogP contribution in [0.2, 0.25) is 0 Å². The number of hydrogen-bond donors (Lipinski definition) is 0. The fourth-order valence-corrected chi connectivity index (χ4v) is 5.40. The number of benzene rings is 1. The van der Waals surface area contributed by atoms with Gasteiger partial charge in [0, 0.05) is 48.5 Å². The third-order valence-corrected chi connectivity index (χ3v) is 6.98. The zero-order valence-electron chi connectivity index (χ0n) is 14.4. The maximum absolute atomic E-state index is 13.9. The van der Waals surface area contributed by atoms with E-state index in [-0.39, 0.29) is 11.7 Å². The van der Waals surface area contributed by atoms with Gasteiger partial charge in [-0.05, 0) is 40.2 Å². The second kappa shape index (κ2) is 8.18. The Balaban J connectivity index is 1.38. The topological polar surface area (TPSA) is 36.4 Å². The summed E-state index contributed by atoms with van der Waals surface area (Å²) in [5, 5.41) is 2.26. The Labute approximate surface area is 173 Å². The number of carbonyl (C=O) groups excluding carboxylic acids is 1. The zero-order chi connectivity index (χ0) is 18.8. The molecule has 140 valence electrons. The molecular formula is C19H17BrFN3OS2. The van der Waals surface area contributed by atoms with E-state index in [0.717, 1.165) is 23.4 Å². The van der Waals surface area contributed by atoms with Crippen molar-refractivity contribution in [2.45, 2.75) is 6.54 Å². The van der Waals surface area contributed by atoms with Crippen LogP contribution in [0.3, 0.4) is 0 Å². The Bertz CT molecular complexity index is 950. The van der Waals surface area contributed by atoms with E-state index < -0.39 is 0 Å². The van der Waals surface area contributed by atoms with Crippen LogP contribution in [0, 0.1) is 5.82 Å². The molecular weight excluding hydrogens is 449 g/mol. The number of rotatable bonds is 4. The van der Waals surface area contributed by atoms with Crippen molar-refractivity contribution in [1.82, 2.24) is 14.8 Å². The van der Waals surface area contributed by atoms with E-state index in [9.17, 15) is 9.18 Å². The lowest BCUT2D eigenvalue weighted by Gasteiger charge is -2.34. The van der Waals surface area contributed by atoms with E-state index in [1.807, 2.05) is 4.90 Å². The molecule has 0 unspecified atom stereocenters. The Morgan fingerprint density at radius 2 is 1.93 bits per heavy atom. The van der Waals surface area contributed by atoms with Gasteiger partial charge in [0.2, 0.25) is 0 Å². The number of hydrogen-bond acceptors (Lipinski definition) is 5. The zero-order valence-corrected chi connectivity index (χ0v) is 17.6. The van der Waals surface area contributed by atoms with E-state index in [1.165, 1.54) is 22.3 Å². The maximum atomic E-state index is 13.9. The average Bonchev–Trinajstić information content (AvgIpc) is 3.31. The largest absolute Gasteiger partial charge is 0.335 e. The van der Waals surface area contributed by atoms with Crippen molar-refractivity contribution >= 4 is 44.5 Å². The minimum Gasteiger partial charge on any atom is -0.335 e. The molecule has 0 spiro atoms. The molecule has 1 aliphatic heterocycles. The van der Waals surface area contributed by atoms with Gasteiger partial charge in [-0.25, -0.2) is 9.37 Å². The van der Waals surface area contributed by atoms with E-state index >= 15 is 0 Å². The molecule has 0 bridgehead atoms. The maximum Gasteiger partial charge on any atom is 0.273 e. The first kappa shape index (κ1) is 18.7. The minimum atomic E-state index is -0.320. The van der Waals surface area contributed by atoms with Crippen molar-refractivity contribution in [3.8, 4) is 10.6 Å². The molecule has 1 aromatic carbocycles. The van der Waals surface area contributed by atoms with Crippen LogP contribution in [0.4, 0.5) is 4.39 Å². The minimum absolute atomic E-state index is 0.0765. The first-order chi connectivity index (χ1) is 13.1. The summed E-state index contributed by atoms with van der Waals surface area (Å²) in [6, 6.07) is 10.7. The lowest BCUT2D eigenvalue weighted by Crippen LogP contribution is -2.48. The van der Waals surface area contributed by atoms with Crippen molar-refractivity contribution in [3.05, 3.63) is 62.0 Å². The highest BCUT2D eigenvalue weighted by Crippen LogP contribution is 2.27. The third kappa shape index (κ3) is 4.29. The Kier molecular flexibility index (Phi) is 5.68. The second-order valence-electron chi connectivity index (χ2n) is 6.29. The van der Waals surface area contributed by atoms with Crippen LogP contribution in [-0.4, -0.2) is 46.9 Å². The predicted octanol–water partition coefficient (Wildman–Crippen LogP) is 4.73. The van der Waals surface area contributed by atoms with Gasteiger partial charge in [0.25, 0.3) is 5.91 Å². The number of thiazole rings is 1. The summed E-state index contributed by atoms with van der Waals surface area (Å²) in [5.41, 5.74) is 0.836. The molecule has 1 amide bonds. The summed E-state index contributed by atoms with van der Waals surface area (Å²) < 4.78 is 15.1. The van der Waals surface area contributed by atoms with E-state index in [1.54, 1.807) is 34.9 Å². The summed E-state index contributed by atoms with van der Waals surface area (Å²) >= 11 is 6.54. The number of thiophene rings is 1. The lowest BCUT2D eigenvalue weighted by atomic mass is 10.2. The van der Waals surface area contributed by atoms with Crippen LogP contribution in [0.25, 0.3) is 10.6 Å². The molecule has 2 aromatic heterocycles. The van der Waals surface area contributed by atoms with Crippen molar-refractivity contribution in [3.63, 3.8) is 0 Å². The first-order valence-corrected chi connectivity index (χ1v) is 11.1. The predicted molar refractivity (Wildman–Crippen MR) is 111 cm³/mol. The molecule has 1 aliphatic rings. The lowest BCUT2D eigenvalue weighted by molar-refractivity contribution is 0.0625. The molecule has 4 rings (SSSR count). The molecule has 1 fully saturated rings. The molecule has 3 aromatic rings. The Morgan fingerprint density at radius 1 is 1.15 bits per heavy atom. The molecule has 0 radical (unpaired) electrons. The van der Waals surface area contributed by atoms with Crippen LogP contribution < -0.4 is 0 Å². The van der Waals surface area contributed by atoms with Crippen LogP contribution >= 0.6 is 38.6 Å². The Hall–Kier alpha value is -1.61. The highest BCUT2D eigenvalue weighted by molar-refractivity contribution is 9.11. The molecule has 4 nitrogen and oxygen atoms in total. The van der Waals surface area contributed by atoms with Gasteiger partial charge in [0.1, 0.15) is 16.5 Å². The van der Waals surface area contributed by atoms with Crippen LogP contribution in [0.5, 0.6) is 0 Å². The standard InChI is InChI=1S/C19H17BrFN3OS2/c20-17-6-5-13(27-17)11-23-7-9-24(10-8-23)19(25)16-12-26-18(22-16)14-3-1-2-4-15(14)21/h1-6,12H,7-11H2. The fraction of sp³-hybridized carbons (Fsp3) is 0.263. The highest BCUT2D eigenvalue weighted by atomic mass is 79.9. The van der Waals surface area contributed by atoms with Gasteiger partial charge in [-0.1, -0.05) is 12.1 Å². The van der Waals surface area contributed by atoms with Crippen molar-refractivity contribution in [2.75, 3.05) is 26.2 Å². The van der Waals surface area contributed by atoms with E-state index in [4.69, 9.17) is 0 Å². The van der Waals surface area contributed by atoms with Gasteiger partial charge in [0.05, 0.1) is 3.79 Å². The summed E-state index contributed by atoms with van der Waals surface area (Å²) in [6.07, 6.45) is 0. The first-order valence-electron chi connectivity index (χ1n) is 8.56. The number of piperazine rings is 1. The van der Waals surface area contributed by atoms with Gasteiger partial charge < -0.3 is 4.90 Å². The number of carbonyl (C=O) groups is 1. The highest BCUT2D eigenvalue weighted by Gasteiger charge is 2.24. The molecule has 0 aliphatic carbocycles. The molecule has 8 heteroatoms. The smallest absolute Gasteiger partial charge is 0.273 e. The molecule has 0 N–H and O–H groups in total. The van der Waals surface area contributed by atoms with Gasteiger partial charge in [-0.15, -0.1) is 22.7 Å². The third-order valence-electron chi connectivity index (χ3n) is 4.50. The SMILES string of the molecule is O=C(c1csc(-c2ccccc2F)n1)N1CCN(Cc2ccc(Br)s2)CC1. The van der Waals surface area contributed by atoms with Crippen molar-refractivity contribution in [1.29, 1.82) is 0 Å². The van der Waals surface area contributed by atoms with Crippen LogP contribution in [0.15, 0.2) is 45.6 Å². The molecule has 3 heterocycles. The Morgan fingerprint density at radius 3 is 2.63 bits per heavy atom. The van der Waals surface area contributed by atoms with E-state index in [2.05, 4.69) is 37.9 Å². The fourth-order valence-electron chi connectivity index (χ4n) is 3.06. The monoisotopic (exact) mass is 465 g/mol. The quantitative estimate of drug-likeness (QED) is 0.558. The molecule has 1 saturated heterocycles. The van der Waals surface area contributed by atoms with Gasteiger partial charge >= 0.3 is 0 Å². The number of amides is 1. The summed E-state index contributed by atoms with van der Waals surface area (Å²) in [7, 11) is 0. The summed E-state index contributed by atoms with van der Waals surface area (Å²) in [5.74, 6) is -0.396. The normalized spacial score (nSPS) is 15.3. The van der Waals surface area contributed by atoms with Gasteiger partial charge in [0.15, 0.2) is 0 Å². The number of nitrogens with zero attached hydrogens (tertiary/aromatic N) is 3. The second-order valence-corrected chi connectivity index (χ2v) is 9.70. The van der Waals surface area contributed by atoms with Crippen LogP contribution in [0.1, 0.15) is 15.4 Å². The number of halogens is 2. The van der Waals surface area contributed by atoms with E-state index in [0.29, 0.717) is 29.4 Å². The summed E-state index contributed by atoms with van der Waals surface area (Å²) in [6.45, 7) is 3.94. The van der Waals surface area contributed by atoms with Gasteiger partial charge in [-0.2, -0.15) is 0 Å². The molecule has 0 saturated carbocycles. The molecule has 0 atom stereocenters. The van der Waals surface area contributed by atoms with Gasteiger partial charge in [-0.3, -0.25) is 9.69 Å². The van der Waals surface area contributed by atoms with Crippen LogP contribution in [-0.2, 0) is 6.54 Å². The molecule has 27 heavy (non-hydrogen) atoms.